The molecule has 1 atom stereocenters. The SMILES string of the molecule is CCNc1cc(S(=O)(=O)NC(C)c2cccnc2)ccn1. The molecule has 1 unspecified atom stereocenters. The van der Waals surface area contributed by atoms with Gasteiger partial charge in [0.25, 0.3) is 0 Å². The van der Waals surface area contributed by atoms with Crippen molar-refractivity contribution in [1.29, 1.82) is 0 Å². The quantitative estimate of drug-likeness (QED) is 0.852. The number of hydrogen-bond donors (Lipinski definition) is 2. The Labute approximate surface area is 124 Å². The van der Waals surface area contributed by atoms with Crippen LogP contribution in [-0.2, 0) is 10.0 Å². The molecule has 0 saturated carbocycles. The molecular weight excluding hydrogens is 288 g/mol. The minimum atomic E-state index is -3.61. The molecule has 6 nitrogen and oxygen atoms in total. The van der Waals surface area contributed by atoms with Crippen LogP contribution in [0.25, 0.3) is 0 Å². The van der Waals surface area contributed by atoms with Gasteiger partial charge in [0.1, 0.15) is 5.82 Å². The molecule has 0 spiro atoms. The molecule has 2 heterocycles. The van der Waals surface area contributed by atoms with Crippen molar-refractivity contribution in [3.8, 4) is 0 Å². The summed E-state index contributed by atoms with van der Waals surface area (Å²) in [4.78, 5) is 8.24. The average molecular weight is 306 g/mol. The Kier molecular flexibility index (Phi) is 4.87. The Morgan fingerprint density at radius 3 is 2.76 bits per heavy atom. The fourth-order valence-electron chi connectivity index (χ4n) is 1.86. The second-order valence-corrected chi connectivity index (χ2v) is 6.25. The van der Waals surface area contributed by atoms with Gasteiger partial charge in [0.05, 0.1) is 4.90 Å². The molecule has 0 bridgehead atoms. The normalized spacial score (nSPS) is 12.9. The summed E-state index contributed by atoms with van der Waals surface area (Å²) in [6.45, 7) is 4.38. The van der Waals surface area contributed by atoms with E-state index in [-0.39, 0.29) is 10.9 Å². The molecule has 0 saturated heterocycles. The zero-order chi connectivity index (χ0) is 15.3. The van der Waals surface area contributed by atoms with Gasteiger partial charge in [0.2, 0.25) is 10.0 Å². The van der Waals surface area contributed by atoms with Crippen LogP contribution >= 0.6 is 0 Å². The molecule has 7 heteroatoms. The molecule has 2 N–H and O–H groups in total. The highest BCUT2D eigenvalue weighted by atomic mass is 32.2. The first-order chi connectivity index (χ1) is 10.0. The molecule has 0 radical (unpaired) electrons. The number of nitrogens with one attached hydrogen (secondary N) is 2. The number of pyridine rings is 2. The van der Waals surface area contributed by atoms with Gasteiger partial charge in [-0.3, -0.25) is 4.98 Å². The van der Waals surface area contributed by atoms with Crippen molar-refractivity contribution in [3.05, 3.63) is 48.4 Å². The maximum atomic E-state index is 12.4. The lowest BCUT2D eigenvalue weighted by atomic mass is 10.2. The van der Waals surface area contributed by atoms with Crippen molar-refractivity contribution in [1.82, 2.24) is 14.7 Å². The van der Waals surface area contributed by atoms with E-state index < -0.39 is 10.0 Å². The van der Waals surface area contributed by atoms with E-state index in [9.17, 15) is 8.42 Å². The van der Waals surface area contributed by atoms with E-state index in [1.807, 2.05) is 13.0 Å². The highest BCUT2D eigenvalue weighted by Crippen LogP contribution is 2.17. The minimum absolute atomic E-state index is 0.184. The number of aromatic nitrogens is 2. The molecule has 2 aromatic heterocycles. The summed E-state index contributed by atoms with van der Waals surface area (Å²) in [6.07, 6.45) is 4.77. The highest BCUT2D eigenvalue weighted by molar-refractivity contribution is 7.89. The highest BCUT2D eigenvalue weighted by Gasteiger charge is 2.19. The van der Waals surface area contributed by atoms with Gasteiger partial charge in [-0.05, 0) is 31.5 Å². The first-order valence-electron chi connectivity index (χ1n) is 6.65. The Morgan fingerprint density at radius 1 is 1.29 bits per heavy atom. The third-order valence-corrected chi connectivity index (χ3v) is 4.45. The van der Waals surface area contributed by atoms with E-state index >= 15 is 0 Å². The van der Waals surface area contributed by atoms with Gasteiger partial charge in [-0.2, -0.15) is 0 Å². The lowest BCUT2D eigenvalue weighted by molar-refractivity contribution is 0.566. The second kappa shape index (κ2) is 6.64. The van der Waals surface area contributed by atoms with Gasteiger partial charge in [-0.1, -0.05) is 6.07 Å². The predicted molar refractivity (Wildman–Crippen MR) is 81.4 cm³/mol. The van der Waals surface area contributed by atoms with Gasteiger partial charge in [-0.25, -0.2) is 18.1 Å². The van der Waals surface area contributed by atoms with Crippen LogP contribution in [0.3, 0.4) is 0 Å². The maximum absolute atomic E-state index is 12.4. The van der Waals surface area contributed by atoms with Gasteiger partial charge in [0, 0.05) is 37.2 Å². The van der Waals surface area contributed by atoms with Gasteiger partial charge in [-0.15, -0.1) is 0 Å². The van der Waals surface area contributed by atoms with E-state index in [0.717, 1.165) is 5.56 Å². The summed E-state index contributed by atoms with van der Waals surface area (Å²) >= 11 is 0. The molecule has 0 fully saturated rings. The lowest BCUT2D eigenvalue weighted by Crippen LogP contribution is -2.27. The fraction of sp³-hybridized carbons (Fsp3) is 0.286. The van der Waals surface area contributed by atoms with Crippen molar-refractivity contribution < 1.29 is 8.42 Å². The summed E-state index contributed by atoms with van der Waals surface area (Å²) in [5.74, 6) is 0.536. The largest absolute Gasteiger partial charge is 0.370 e. The molecule has 21 heavy (non-hydrogen) atoms. The Balaban J connectivity index is 2.20. The number of hydrogen-bond acceptors (Lipinski definition) is 5. The van der Waals surface area contributed by atoms with E-state index in [0.29, 0.717) is 12.4 Å². The van der Waals surface area contributed by atoms with Gasteiger partial charge < -0.3 is 5.32 Å². The van der Waals surface area contributed by atoms with Crippen LogP contribution in [0.1, 0.15) is 25.5 Å². The zero-order valence-electron chi connectivity index (χ0n) is 11.9. The second-order valence-electron chi connectivity index (χ2n) is 4.54. The van der Waals surface area contributed by atoms with Crippen LogP contribution in [0.15, 0.2) is 47.8 Å². The van der Waals surface area contributed by atoms with Crippen LogP contribution in [0.4, 0.5) is 5.82 Å². The summed E-state index contributed by atoms with van der Waals surface area (Å²) in [5, 5.41) is 2.99. The van der Waals surface area contributed by atoms with Gasteiger partial charge in [0.15, 0.2) is 0 Å². The van der Waals surface area contributed by atoms with E-state index in [1.165, 1.54) is 18.3 Å². The van der Waals surface area contributed by atoms with Crippen molar-refractivity contribution in [2.45, 2.75) is 24.8 Å². The number of nitrogens with zero attached hydrogens (tertiary/aromatic N) is 2. The van der Waals surface area contributed by atoms with Crippen LogP contribution in [-0.4, -0.2) is 24.9 Å². The average Bonchev–Trinajstić information content (AvgIpc) is 2.48. The first-order valence-corrected chi connectivity index (χ1v) is 8.13. The van der Waals surface area contributed by atoms with Crippen LogP contribution < -0.4 is 10.0 Å². The summed E-state index contributed by atoms with van der Waals surface area (Å²) in [6, 6.07) is 6.23. The number of sulfonamides is 1. The Bertz CT molecular complexity index is 689. The Morgan fingerprint density at radius 2 is 2.10 bits per heavy atom. The molecule has 0 aromatic carbocycles. The molecule has 0 aliphatic heterocycles. The maximum Gasteiger partial charge on any atom is 0.241 e. The standard InChI is InChI=1S/C14H18N4O2S/c1-3-16-14-9-13(6-8-17-14)21(19,20)18-11(2)12-5-4-7-15-10-12/h4-11,18H,3H2,1-2H3,(H,16,17). The summed E-state index contributed by atoms with van der Waals surface area (Å²) in [5.41, 5.74) is 0.807. The van der Waals surface area contributed by atoms with Gasteiger partial charge >= 0.3 is 0 Å². The topological polar surface area (TPSA) is 84.0 Å². The van der Waals surface area contributed by atoms with E-state index in [1.54, 1.807) is 25.4 Å². The van der Waals surface area contributed by atoms with Crippen LogP contribution in [0, 0.1) is 0 Å². The van der Waals surface area contributed by atoms with Crippen molar-refractivity contribution in [2.24, 2.45) is 0 Å². The number of rotatable bonds is 6. The van der Waals surface area contributed by atoms with Crippen LogP contribution in [0.5, 0.6) is 0 Å². The monoisotopic (exact) mass is 306 g/mol. The summed E-state index contributed by atoms with van der Waals surface area (Å²) < 4.78 is 27.4. The third-order valence-electron chi connectivity index (χ3n) is 2.92. The molecule has 2 rings (SSSR count). The minimum Gasteiger partial charge on any atom is -0.370 e. The number of anilines is 1. The van der Waals surface area contributed by atoms with Crippen molar-refractivity contribution in [2.75, 3.05) is 11.9 Å². The fourth-order valence-corrected chi connectivity index (χ4v) is 3.10. The van der Waals surface area contributed by atoms with E-state index in [4.69, 9.17) is 0 Å². The van der Waals surface area contributed by atoms with E-state index in [2.05, 4.69) is 20.0 Å². The molecule has 0 aliphatic rings. The van der Waals surface area contributed by atoms with Crippen LogP contribution in [0.2, 0.25) is 0 Å². The smallest absolute Gasteiger partial charge is 0.241 e. The molecular formula is C14H18N4O2S. The molecule has 112 valence electrons. The predicted octanol–water partition coefficient (Wildman–Crippen LogP) is 1.95. The Hall–Kier alpha value is -1.99. The zero-order valence-corrected chi connectivity index (χ0v) is 12.8. The first kappa shape index (κ1) is 15.4. The third kappa shape index (κ3) is 3.99. The van der Waals surface area contributed by atoms with Crippen molar-refractivity contribution in [3.63, 3.8) is 0 Å². The summed E-state index contributed by atoms with van der Waals surface area (Å²) in [7, 11) is -3.61. The molecule has 2 aromatic rings. The molecule has 0 amide bonds. The lowest BCUT2D eigenvalue weighted by Gasteiger charge is -2.14. The molecule has 0 aliphatic carbocycles. The van der Waals surface area contributed by atoms with Crippen molar-refractivity contribution >= 4 is 15.8 Å².